The van der Waals surface area contributed by atoms with E-state index in [1.165, 1.54) is 13.0 Å². The van der Waals surface area contributed by atoms with Crippen LogP contribution < -0.4 is 0 Å². The molecule has 0 amide bonds. The zero-order valence-corrected chi connectivity index (χ0v) is 10.3. The summed E-state index contributed by atoms with van der Waals surface area (Å²) in [5, 5.41) is 0. The van der Waals surface area contributed by atoms with Gasteiger partial charge in [-0.15, -0.1) is 0 Å². The van der Waals surface area contributed by atoms with E-state index in [1.54, 1.807) is 0 Å². The van der Waals surface area contributed by atoms with Crippen LogP contribution in [0, 0.1) is 6.92 Å². The van der Waals surface area contributed by atoms with E-state index < -0.39 is 11.7 Å². The maximum atomic E-state index is 12.5. The molecule has 0 aromatic carbocycles. The highest BCUT2D eigenvalue weighted by molar-refractivity contribution is 5.24. The summed E-state index contributed by atoms with van der Waals surface area (Å²) in [7, 11) is 0. The Kier molecular flexibility index (Phi) is 4.51. The van der Waals surface area contributed by atoms with Gasteiger partial charge in [-0.2, -0.15) is 13.2 Å². The van der Waals surface area contributed by atoms with Gasteiger partial charge in [0.2, 0.25) is 0 Å². The van der Waals surface area contributed by atoms with Crippen LogP contribution in [0.2, 0.25) is 0 Å². The second-order valence-corrected chi connectivity index (χ2v) is 3.89. The molecule has 0 saturated carbocycles. The van der Waals surface area contributed by atoms with Crippen molar-refractivity contribution in [1.29, 1.82) is 0 Å². The largest absolute Gasteiger partial charge is 0.418 e. The van der Waals surface area contributed by atoms with Crippen LogP contribution in [0.25, 0.3) is 0 Å². The van der Waals surface area contributed by atoms with Crippen LogP contribution >= 0.6 is 0 Å². The Morgan fingerprint density at radius 2 is 1.76 bits per heavy atom. The van der Waals surface area contributed by atoms with Crippen LogP contribution in [0.1, 0.15) is 30.8 Å². The fourth-order valence-corrected chi connectivity index (χ4v) is 1.68. The molecular formula is C12H17F3N2. The Labute approximate surface area is 99.5 Å². The van der Waals surface area contributed by atoms with E-state index in [2.05, 4.69) is 9.88 Å². The molecule has 1 heterocycles. The van der Waals surface area contributed by atoms with Gasteiger partial charge in [-0.1, -0.05) is 13.8 Å². The topological polar surface area (TPSA) is 16.1 Å². The minimum absolute atomic E-state index is 0.0437. The fourth-order valence-electron chi connectivity index (χ4n) is 1.68. The van der Waals surface area contributed by atoms with Gasteiger partial charge in [-0.25, -0.2) is 0 Å². The maximum Gasteiger partial charge on any atom is 0.418 e. The summed E-state index contributed by atoms with van der Waals surface area (Å²) in [6.07, 6.45) is -4.31. The number of halogens is 3. The van der Waals surface area contributed by atoms with Crippen LogP contribution in [0.3, 0.4) is 0 Å². The first-order valence-electron chi connectivity index (χ1n) is 5.64. The predicted molar refractivity (Wildman–Crippen MR) is 60.6 cm³/mol. The van der Waals surface area contributed by atoms with E-state index in [9.17, 15) is 13.2 Å². The molecule has 0 fully saturated rings. The van der Waals surface area contributed by atoms with Crippen LogP contribution in [-0.4, -0.2) is 23.0 Å². The van der Waals surface area contributed by atoms with Gasteiger partial charge in [0, 0.05) is 12.2 Å². The third-order valence-corrected chi connectivity index (χ3v) is 2.73. The van der Waals surface area contributed by atoms with Crippen molar-refractivity contribution in [3.05, 3.63) is 29.1 Å². The second-order valence-electron chi connectivity index (χ2n) is 3.89. The van der Waals surface area contributed by atoms with E-state index in [-0.39, 0.29) is 5.69 Å². The van der Waals surface area contributed by atoms with E-state index in [0.29, 0.717) is 12.2 Å². The van der Waals surface area contributed by atoms with E-state index in [4.69, 9.17) is 0 Å². The number of alkyl halides is 3. The van der Waals surface area contributed by atoms with Gasteiger partial charge >= 0.3 is 6.18 Å². The summed E-state index contributed by atoms with van der Waals surface area (Å²) in [5.41, 5.74) is 0.0714. The van der Waals surface area contributed by atoms with E-state index >= 15 is 0 Å². The average Bonchev–Trinajstić information content (AvgIpc) is 2.24. The molecule has 2 nitrogen and oxygen atoms in total. The molecule has 0 radical (unpaired) electrons. The van der Waals surface area contributed by atoms with Gasteiger partial charge in [0.1, 0.15) is 0 Å². The SMILES string of the molecule is CCN(CC)Cc1ccc(C(F)(F)F)c(C)n1. The zero-order valence-electron chi connectivity index (χ0n) is 10.3. The molecule has 0 aliphatic rings. The van der Waals surface area contributed by atoms with Gasteiger partial charge in [0.15, 0.2) is 0 Å². The number of hydrogen-bond acceptors (Lipinski definition) is 2. The molecule has 0 spiro atoms. The van der Waals surface area contributed by atoms with Crippen LogP contribution in [0.5, 0.6) is 0 Å². The third kappa shape index (κ3) is 3.70. The Balaban J connectivity index is 2.89. The minimum Gasteiger partial charge on any atom is -0.298 e. The minimum atomic E-state index is -4.31. The molecule has 0 atom stereocenters. The van der Waals surface area contributed by atoms with Gasteiger partial charge in [-0.3, -0.25) is 9.88 Å². The fraction of sp³-hybridized carbons (Fsp3) is 0.583. The third-order valence-electron chi connectivity index (χ3n) is 2.73. The van der Waals surface area contributed by atoms with Crippen molar-refractivity contribution in [3.63, 3.8) is 0 Å². The van der Waals surface area contributed by atoms with Crippen molar-refractivity contribution in [3.8, 4) is 0 Å². The first-order valence-corrected chi connectivity index (χ1v) is 5.64. The van der Waals surface area contributed by atoms with Crippen LogP contribution in [-0.2, 0) is 12.7 Å². The molecule has 0 aliphatic heterocycles. The van der Waals surface area contributed by atoms with Crippen molar-refractivity contribution < 1.29 is 13.2 Å². The standard InChI is InChI=1S/C12H17F3N2/c1-4-17(5-2)8-10-6-7-11(9(3)16-10)12(13,14)15/h6-7H,4-5,8H2,1-3H3. The number of hydrogen-bond donors (Lipinski definition) is 0. The molecule has 0 unspecified atom stereocenters. The molecule has 96 valence electrons. The van der Waals surface area contributed by atoms with Gasteiger partial charge < -0.3 is 0 Å². The first-order chi connectivity index (χ1) is 7.88. The Hall–Kier alpha value is -1.10. The molecule has 1 rings (SSSR count). The second kappa shape index (κ2) is 5.49. The Morgan fingerprint density at radius 1 is 1.18 bits per heavy atom. The monoisotopic (exact) mass is 246 g/mol. The summed E-state index contributed by atoms with van der Waals surface area (Å²) in [5.74, 6) is 0. The lowest BCUT2D eigenvalue weighted by atomic mass is 10.1. The van der Waals surface area contributed by atoms with Crippen molar-refractivity contribution in [2.45, 2.75) is 33.5 Å². The number of aromatic nitrogens is 1. The average molecular weight is 246 g/mol. The summed E-state index contributed by atoms with van der Waals surface area (Å²) in [6, 6.07) is 2.56. The predicted octanol–water partition coefficient (Wildman–Crippen LogP) is 3.25. The molecule has 1 aromatic heterocycles. The molecule has 1 aromatic rings. The molecular weight excluding hydrogens is 229 g/mol. The quantitative estimate of drug-likeness (QED) is 0.810. The highest BCUT2D eigenvalue weighted by atomic mass is 19.4. The number of rotatable bonds is 4. The van der Waals surface area contributed by atoms with Crippen molar-refractivity contribution >= 4 is 0 Å². The maximum absolute atomic E-state index is 12.5. The summed E-state index contributed by atoms with van der Waals surface area (Å²) in [4.78, 5) is 6.12. The van der Waals surface area contributed by atoms with Gasteiger partial charge in [-0.05, 0) is 32.1 Å². The molecule has 0 bridgehead atoms. The summed E-state index contributed by atoms with van der Waals surface area (Å²) >= 11 is 0. The first kappa shape index (κ1) is 14.0. The molecule has 17 heavy (non-hydrogen) atoms. The Bertz CT molecular complexity index is 371. The molecule has 0 aliphatic carbocycles. The summed E-state index contributed by atoms with van der Waals surface area (Å²) in [6.45, 7) is 7.73. The molecule has 0 N–H and O–H groups in total. The van der Waals surface area contributed by atoms with E-state index in [1.807, 2.05) is 13.8 Å². The molecule has 0 saturated heterocycles. The molecule has 5 heteroatoms. The van der Waals surface area contributed by atoms with Crippen molar-refractivity contribution in [1.82, 2.24) is 9.88 Å². The van der Waals surface area contributed by atoms with Gasteiger partial charge in [0.25, 0.3) is 0 Å². The van der Waals surface area contributed by atoms with Crippen molar-refractivity contribution in [2.75, 3.05) is 13.1 Å². The lowest BCUT2D eigenvalue weighted by molar-refractivity contribution is -0.138. The normalized spacial score (nSPS) is 12.2. The smallest absolute Gasteiger partial charge is 0.298 e. The summed E-state index contributed by atoms with van der Waals surface area (Å²) < 4.78 is 37.6. The highest BCUT2D eigenvalue weighted by Crippen LogP contribution is 2.30. The Morgan fingerprint density at radius 3 is 2.18 bits per heavy atom. The lowest BCUT2D eigenvalue weighted by Gasteiger charge is -2.18. The number of aryl methyl sites for hydroxylation is 1. The number of pyridine rings is 1. The van der Waals surface area contributed by atoms with Crippen LogP contribution in [0.15, 0.2) is 12.1 Å². The lowest BCUT2D eigenvalue weighted by Crippen LogP contribution is -2.23. The zero-order chi connectivity index (χ0) is 13.1. The number of nitrogens with zero attached hydrogens (tertiary/aromatic N) is 2. The van der Waals surface area contributed by atoms with E-state index in [0.717, 1.165) is 19.2 Å². The van der Waals surface area contributed by atoms with Crippen LogP contribution in [0.4, 0.5) is 13.2 Å². The van der Waals surface area contributed by atoms with Crippen molar-refractivity contribution in [2.24, 2.45) is 0 Å². The highest BCUT2D eigenvalue weighted by Gasteiger charge is 2.32. The van der Waals surface area contributed by atoms with Gasteiger partial charge in [0.05, 0.1) is 11.3 Å².